The first kappa shape index (κ1) is 13.3. The fraction of sp³-hybridized carbons (Fsp3) is 0.357. The maximum absolute atomic E-state index is 4.47. The van der Waals surface area contributed by atoms with Gasteiger partial charge in [-0.1, -0.05) is 0 Å². The highest BCUT2D eigenvalue weighted by Crippen LogP contribution is 2.11. The molecule has 1 N–H and O–H groups in total. The van der Waals surface area contributed by atoms with Gasteiger partial charge < -0.3 is 10.2 Å². The number of nitrogens with one attached hydrogen (secondary N) is 1. The Morgan fingerprint density at radius 3 is 2.68 bits per heavy atom. The molecular weight excluding hydrogens is 238 g/mol. The maximum atomic E-state index is 4.47. The van der Waals surface area contributed by atoms with E-state index < -0.39 is 0 Å². The summed E-state index contributed by atoms with van der Waals surface area (Å²) in [5.41, 5.74) is 1.28. The van der Waals surface area contributed by atoms with Crippen molar-refractivity contribution in [3.8, 4) is 0 Å². The van der Waals surface area contributed by atoms with Crippen molar-refractivity contribution in [3.63, 3.8) is 0 Å². The van der Waals surface area contributed by atoms with E-state index in [1.54, 1.807) is 6.20 Å². The van der Waals surface area contributed by atoms with Gasteiger partial charge in [-0.2, -0.15) is 4.98 Å². The molecule has 0 aliphatic carbocycles. The molecule has 19 heavy (non-hydrogen) atoms. The summed E-state index contributed by atoms with van der Waals surface area (Å²) in [5, 5.41) is 3.12. The van der Waals surface area contributed by atoms with Crippen LogP contribution in [0, 0.1) is 0 Å². The van der Waals surface area contributed by atoms with E-state index in [1.807, 2.05) is 44.6 Å². The van der Waals surface area contributed by atoms with E-state index >= 15 is 0 Å². The monoisotopic (exact) mass is 257 g/mol. The predicted octanol–water partition coefficient (Wildman–Crippen LogP) is 1.98. The number of likely N-dealkylation sites (N-methyl/N-ethyl adjacent to an activating group) is 1. The van der Waals surface area contributed by atoms with Crippen molar-refractivity contribution >= 4 is 11.8 Å². The lowest BCUT2D eigenvalue weighted by Crippen LogP contribution is -2.22. The lowest BCUT2D eigenvalue weighted by Gasteiger charge is -2.18. The summed E-state index contributed by atoms with van der Waals surface area (Å²) in [4.78, 5) is 14.8. The Bertz CT molecular complexity index is 500. The summed E-state index contributed by atoms with van der Waals surface area (Å²) in [6.45, 7) is 3.76. The van der Waals surface area contributed by atoms with E-state index in [-0.39, 0.29) is 0 Å². The maximum Gasteiger partial charge on any atom is 0.224 e. The highest BCUT2D eigenvalue weighted by Gasteiger charge is 2.04. The fourth-order valence-corrected chi connectivity index (χ4v) is 1.77. The van der Waals surface area contributed by atoms with Crippen molar-refractivity contribution in [2.45, 2.75) is 13.3 Å². The molecule has 5 heteroatoms. The molecule has 0 aromatic carbocycles. The number of rotatable bonds is 6. The number of nitrogens with zero attached hydrogens (tertiary/aromatic N) is 4. The summed E-state index contributed by atoms with van der Waals surface area (Å²) in [6.07, 6.45) is 6.40. The minimum Gasteiger partial charge on any atom is -0.359 e. The second-order valence-corrected chi connectivity index (χ2v) is 4.30. The van der Waals surface area contributed by atoms with Crippen molar-refractivity contribution in [1.29, 1.82) is 0 Å². The molecule has 100 valence electrons. The third-order valence-electron chi connectivity index (χ3n) is 2.85. The molecular formula is C14H19N5. The first-order valence-electron chi connectivity index (χ1n) is 6.46. The van der Waals surface area contributed by atoms with E-state index in [0.29, 0.717) is 5.95 Å². The van der Waals surface area contributed by atoms with Crippen LogP contribution in [0.15, 0.2) is 36.8 Å². The predicted molar refractivity (Wildman–Crippen MR) is 77.4 cm³/mol. The minimum absolute atomic E-state index is 0.677. The number of aromatic nitrogens is 3. The Morgan fingerprint density at radius 1 is 1.16 bits per heavy atom. The van der Waals surface area contributed by atoms with Gasteiger partial charge in [0.05, 0.1) is 0 Å². The van der Waals surface area contributed by atoms with Crippen molar-refractivity contribution in [1.82, 2.24) is 15.0 Å². The molecule has 5 nitrogen and oxygen atoms in total. The van der Waals surface area contributed by atoms with Gasteiger partial charge in [0.1, 0.15) is 5.82 Å². The standard InChI is InChI=1S/C14H19N5/c1-3-16-14-17-10-6-13(18-14)19(2)11-7-12-4-8-15-9-5-12/h4-6,8-10H,3,7,11H2,1-2H3,(H,16,17,18). The van der Waals surface area contributed by atoms with Gasteiger partial charge in [-0.05, 0) is 37.1 Å². The first-order chi connectivity index (χ1) is 9.29. The Morgan fingerprint density at radius 2 is 1.95 bits per heavy atom. The van der Waals surface area contributed by atoms with Crippen LogP contribution in [-0.4, -0.2) is 35.1 Å². The fourth-order valence-electron chi connectivity index (χ4n) is 1.77. The summed E-state index contributed by atoms with van der Waals surface area (Å²) < 4.78 is 0. The zero-order valence-corrected chi connectivity index (χ0v) is 11.4. The van der Waals surface area contributed by atoms with Gasteiger partial charge in [0.15, 0.2) is 0 Å². The van der Waals surface area contributed by atoms with Gasteiger partial charge in [-0.3, -0.25) is 4.98 Å². The third-order valence-corrected chi connectivity index (χ3v) is 2.85. The van der Waals surface area contributed by atoms with Crippen LogP contribution in [-0.2, 0) is 6.42 Å². The molecule has 2 aromatic rings. The molecule has 0 bridgehead atoms. The second kappa shape index (κ2) is 6.68. The Labute approximate surface area is 113 Å². The molecule has 0 aliphatic heterocycles. The summed E-state index contributed by atoms with van der Waals surface area (Å²) in [6, 6.07) is 6.00. The van der Waals surface area contributed by atoms with Crippen molar-refractivity contribution in [2.24, 2.45) is 0 Å². The summed E-state index contributed by atoms with van der Waals surface area (Å²) in [7, 11) is 2.04. The van der Waals surface area contributed by atoms with Gasteiger partial charge in [-0.15, -0.1) is 0 Å². The molecule has 0 spiro atoms. The summed E-state index contributed by atoms with van der Waals surface area (Å²) in [5.74, 6) is 1.61. The van der Waals surface area contributed by atoms with E-state index in [1.165, 1.54) is 5.56 Å². The van der Waals surface area contributed by atoms with Gasteiger partial charge in [0.25, 0.3) is 0 Å². The highest BCUT2D eigenvalue weighted by atomic mass is 15.2. The number of pyridine rings is 1. The average molecular weight is 257 g/mol. The minimum atomic E-state index is 0.677. The van der Waals surface area contributed by atoms with E-state index in [2.05, 4.69) is 25.2 Å². The number of hydrogen-bond donors (Lipinski definition) is 1. The lowest BCUT2D eigenvalue weighted by atomic mass is 10.2. The average Bonchev–Trinajstić information content (AvgIpc) is 2.46. The van der Waals surface area contributed by atoms with Gasteiger partial charge in [0, 0.05) is 38.7 Å². The SMILES string of the molecule is CCNc1nccc(N(C)CCc2ccncc2)n1. The smallest absolute Gasteiger partial charge is 0.224 e. The van der Waals surface area contributed by atoms with Crippen LogP contribution in [0.5, 0.6) is 0 Å². The molecule has 2 rings (SSSR count). The van der Waals surface area contributed by atoms with Crippen LogP contribution in [0.4, 0.5) is 11.8 Å². The highest BCUT2D eigenvalue weighted by molar-refractivity contribution is 5.41. The molecule has 0 saturated carbocycles. The molecule has 0 unspecified atom stereocenters. The molecule has 2 heterocycles. The molecule has 0 atom stereocenters. The molecule has 0 saturated heterocycles. The quantitative estimate of drug-likeness (QED) is 0.857. The first-order valence-corrected chi connectivity index (χ1v) is 6.46. The second-order valence-electron chi connectivity index (χ2n) is 4.30. The largest absolute Gasteiger partial charge is 0.359 e. The normalized spacial score (nSPS) is 10.2. The van der Waals surface area contributed by atoms with E-state index in [4.69, 9.17) is 0 Å². The van der Waals surface area contributed by atoms with E-state index in [9.17, 15) is 0 Å². The molecule has 0 radical (unpaired) electrons. The molecule has 0 amide bonds. The van der Waals surface area contributed by atoms with Crippen LogP contribution in [0.3, 0.4) is 0 Å². The Kier molecular flexibility index (Phi) is 4.66. The van der Waals surface area contributed by atoms with E-state index in [0.717, 1.165) is 25.3 Å². The summed E-state index contributed by atoms with van der Waals surface area (Å²) >= 11 is 0. The van der Waals surface area contributed by atoms with Crippen molar-refractivity contribution in [3.05, 3.63) is 42.4 Å². The number of anilines is 2. The van der Waals surface area contributed by atoms with Crippen molar-refractivity contribution < 1.29 is 0 Å². The third kappa shape index (κ3) is 3.91. The van der Waals surface area contributed by atoms with Gasteiger partial charge in [0.2, 0.25) is 5.95 Å². The topological polar surface area (TPSA) is 53.9 Å². The molecule has 2 aromatic heterocycles. The van der Waals surface area contributed by atoms with Crippen LogP contribution in [0.1, 0.15) is 12.5 Å². The van der Waals surface area contributed by atoms with Crippen LogP contribution in [0.2, 0.25) is 0 Å². The van der Waals surface area contributed by atoms with Crippen LogP contribution < -0.4 is 10.2 Å². The lowest BCUT2D eigenvalue weighted by molar-refractivity contribution is 0.854. The molecule has 0 fully saturated rings. The van der Waals surface area contributed by atoms with Crippen molar-refractivity contribution in [2.75, 3.05) is 30.4 Å². The van der Waals surface area contributed by atoms with Gasteiger partial charge >= 0.3 is 0 Å². The van der Waals surface area contributed by atoms with Gasteiger partial charge in [-0.25, -0.2) is 4.98 Å². The zero-order valence-electron chi connectivity index (χ0n) is 11.4. The van der Waals surface area contributed by atoms with Crippen LogP contribution >= 0.6 is 0 Å². The Hall–Kier alpha value is -2.17. The van der Waals surface area contributed by atoms with Crippen LogP contribution in [0.25, 0.3) is 0 Å². The Balaban J connectivity index is 1.95. The number of hydrogen-bond acceptors (Lipinski definition) is 5. The zero-order chi connectivity index (χ0) is 13.5. The molecule has 0 aliphatic rings.